The Labute approximate surface area is 196 Å². The molecule has 0 bridgehead atoms. The highest BCUT2D eigenvalue weighted by molar-refractivity contribution is 6.11. The number of carbonyl (C=O) groups is 1. The van der Waals surface area contributed by atoms with Gasteiger partial charge in [-0.2, -0.15) is 9.67 Å². The van der Waals surface area contributed by atoms with Crippen LogP contribution in [-0.4, -0.2) is 76.0 Å². The van der Waals surface area contributed by atoms with Crippen LogP contribution in [0.2, 0.25) is 0 Å². The average molecular weight is 456 g/mol. The van der Waals surface area contributed by atoms with E-state index >= 15 is 0 Å². The van der Waals surface area contributed by atoms with Gasteiger partial charge in [0.25, 0.3) is 5.91 Å². The van der Waals surface area contributed by atoms with E-state index in [4.69, 9.17) is 10.5 Å². The molecule has 4 heterocycles. The Hall–Kier alpha value is -3.82. The smallest absolute Gasteiger partial charge is 0.282 e. The van der Waals surface area contributed by atoms with Gasteiger partial charge in [0.05, 0.1) is 19.3 Å². The summed E-state index contributed by atoms with van der Waals surface area (Å²) >= 11 is 0. The topological polar surface area (TPSA) is 102 Å². The third-order valence-corrected chi connectivity index (χ3v) is 6.64. The van der Waals surface area contributed by atoms with Gasteiger partial charge >= 0.3 is 0 Å². The van der Waals surface area contributed by atoms with Crippen molar-refractivity contribution in [3.05, 3.63) is 66.4 Å². The van der Waals surface area contributed by atoms with E-state index in [2.05, 4.69) is 30.9 Å². The van der Waals surface area contributed by atoms with Crippen molar-refractivity contribution < 1.29 is 9.53 Å². The van der Waals surface area contributed by atoms with Crippen molar-refractivity contribution in [3.8, 4) is 11.5 Å². The number of aromatic nitrogens is 4. The number of carbonyl (C=O) groups excluding carboxylic acids is 1. The first-order valence-electron chi connectivity index (χ1n) is 11.5. The number of ether oxygens (including phenoxy) is 1. The molecule has 34 heavy (non-hydrogen) atoms. The van der Waals surface area contributed by atoms with E-state index in [1.807, 2.05) is 42.5 Å². The molecule has 2 aromatic carbocycles. The third kappa shape index (κ3) is 3.59. The van der Waals surface area contributed by atoms with E-state index in [0.717, 1.165) is 60.5 Å². The van der Waals surface area contributed by atoms with Gasteiger partial charge in [-0.3, -0.25) is 14.7 Å². The van der Waals surface area contributed by atoms with Crippen LogP contribution in [0.15, 0.2) is 60.8 Å². The summed E-state index contributed by atoms with van der Waals surface area (Å²) in [5.41, 5.74) is 8.32. The van der Waals surface area contributed by atoms with Crippen molar-refractivity contribution in [3.63, 3.8) is 0 Å². The number of anilines is 2. The van der Waals surface area contributed by atoms with Crippen LogP contribution < -0.4 is 10.6 Å². The van der Waals surface area contributed by atoms with Crippen LogP contribution >= 0.6 is 0 Å². The number of hydrogen-bond donors (Lipinski definition) is 1. The van der Waals surface area contributed by atoms with E-state index < -0.39 is 0 Å². The zero-order valence-electron chi connectivity index (χ0n) is 18.7. The van der Waals surface area contributed by atoms with E-state index in [1.54, 1.807) is 12.3 Å². The van der Waals surface area contributed by atoms with Gasteiger partial charge in [0, 0.05) is 49.0 Å². The first-order valence-corrected chi connectivity index (χ1v) is 11.5. The average Bonchev–Trinajstić information content (AvgIpc) is 3.24. The molecule has 9 nitrogen and oxygen atoms in total. The highest BCUT2D eigenvalue weighted by Gasteiger charge is 2.29. The van der Waals surface area contributed by atoms with Crippen molar-refractivity contribution in [2.75, 3.05) is 50.0 Å². The minimum Gasteiger partial charge on any atom is -0.378 e. The van der Waals surface area contributed by atoms with Crippen LogP contribution in [0.1, 0.15) is 10.4 Å². The molecule has 2 aliphatic heterocycles. The third-order valence-electron chi connectivity index (χ3n) is 6.64. The van der Waals surface area contributed by atoms with Crippen LogP contribution in [0.4, 0.5) is 11.6 Å². The quantitative estimate of drug-likeness (QED) is 0.500. The molecule has 0 spiro atoms. The first-order chi connectivity index (χ1) is 16.7. The lowest BCUT2D eigenvalue weighted by Crippen LogP contribution is -2.56. The Bertz CT molecular complexity index is 1340. The zero-order valence-corrected chi connectivity index (χ0v) is 18.7. The fraction of sp³-hybridized carbons (Fsp3) is 0.280. The summed E-state index contributed by atoms with van der Waals surface area (Å²) in [6.45, 7) is 5.58. The molecule has 2 aliphatic rings. The Morgan fingerprint density at radius 3 is 2.41 bits per heavy atom. The van der Waals surface area contributed by atoms with E-state index in [1.165, 1.54) is 0 Å². The summed E-state index contributed by atoms with van der Waals surface area (Å²) in [5.74, 6) is 0.0433. The second kappa shape index (κ2) is 8.51. The lowest BCUT2D eigenvalue weighted by atomic mass is 10.0. The number of fused-ring (bicyclic) bond motifs is 1. The Kier molecular flexibility index (Phi) is 5.20. The molecule has 0 unspecified atom stereocenters. The van der Waals surface area contributed by atoms with E-state index in [9.17, 15) is 4.79 Å². The molecule has 4 aromatic rings. The van der Waals surface area contributed by atoms with Crippen molar-refractivity contribution in [1.29, 1.82) is 0 Å². The zero-order chi connectivity index (χ0) is 23.1. The van der Waals surface area contributed by atoms with E-state index in [-0.39, 0.29) is 11.9 Å². The lowest BCUT2D eigenvalue weighted by molar-refractivity contribution is -0.0660. The number of nitrogen functional groups attached to an aromatic ring is 1. The summed E-state index contributed by atoms with van der Waals surface area (Å²) < 4.78 is 6.51. The molecule has 0 radical (unpaired) electrons. The standard InChI is InChI=1S/C25H25N7O2/c26-25-28-23(21-7-3-4-10-27-21)29-32(25)24(33)20-8-9-22(19-6-2-1-5-18(19)20)31-13-11-30(12-14-31)17-15-34-16-17/h1-10,17H,11-16H2,(H2,26,28,29). The van der Waals surface area contributed by atoms with Gasteiger partial charge in [-0.05, 0) is 29.7 Å². The molecular formula is C25H25N7O2. The molecule has 0 atom stereocenters. The summed E-state index contributed by atoms with van der Waals surface area (Å²) in [6.07, 6.45) is 1.65. The summed E-state index contributed by atoms with van der Waals surface area (Å²) in [7, 11) is 0. The van der Waals surface area contributed by atoms with Gasteiger partial charge in [0.2, 0.25) is 11.8 Å². The molecule has 0 aliphatic carbocycles. The van der Waals surface area contributed by atoms with Crippen LogP contribution in [-0.2, 0) is 4.74 Å². The molecule has 2 aromatic heterocycles. The maximum absolute atomic E-state index is 13.5. The molecule has 2 N–H and O–H groups in total. The molecule has 9 heteroatoms. The number of nitrogens with zero attached hydrogens (tertiary/aromatic N) is 6. The number of rotatable bonds is 4. The van der Waals surface area contributed by atoms with Gasteiger partial charge in [0.1, 0.15) is 5.69 Å². The second-order valence-corrected chi connectivity index (χ2v) is 8.62. The number of hydrogen-bond acceptors (Lipinski definition) is 8. The fourth-order valence-electron chi connectivity index (χ4n) is 4.70. The van der Waals surface area contributed by atoms with Crippen LogP contribution in [0, 0.1) is 0 Å². The molecule has 6 rings (SSSR count). The number of nitrogens with two attached hydrogens (primary N) is 1. The van der Waals surface area contributed by atoms with Gasteiger partial charge in [0.15, 0.2) is 0 Å². The predicted molar refractivity (Wildman–Crippen MR) is 130 cm³/mol. The van der Waals surface area contributed by atoms with Crippen molar-refractivity contribution in [2.24, 2.45) is 0 Å². The van der Waals surface area contributed by atoms with Gasteiger partial charge < -0.3 is 15.4 Å². The van der Waals surface area contributed by atoms with Crippen LogP contribution in [0.5, 0.6) is 0 Å². The van der Waals surface area contributed by atoms with Crippen molar-refractivity contribution >= 4 is 28.3 Å². The van der Waals surface area contributed by atoms with Gasteiger partial charge in [-0.25, -0.2) is 0 Å². The molecule has 2 fully saturated rings. The number of piperazine rings is 1. The normalized spacial score (nSPS) is 17.1. The maximum atomic E-state index is 13.5. The summed E-state index contributed by atoms with van der Waals surface area (Å²) in [6, 6.07) is 17.9. The molecular weight excluding hydrogens is 430 g/mol. The van der Waals surface area contributed by atoms with Gasteiger partial charge in [-0.1, -0.05) is 30.3 Å². The lowest BCUT2D eigenvalue weighted by Gasteiger charge is -2.43. The van der Waals surface area contributed by atoms with Crippen LogP contribution in [0.3, 0.4) is 0 Å². The largest absolute Gasteiger partial charge is 0.378 e. The Morgan fingerprint density at radius 1 is 0.941 bits per heavy atom. The van der Waals surface area contributed by atoms with Crippen molar-refractivity contribution in [2.45, 2.75) is 6.04 Å². The first kappa shape index (κ1) is 20.8. The number of benzene rings is 2. The predicted octanol–water partition coefficient (Wildman–Crippen LogP) is 2.28. The summed E-state index contributed by atoms with van der Waals surface area (Å²) in [4.78, 5) is 26.9. The number of pyridine rings is 1. The minimum atomic E-state index is -0.315. The highest BCUT2D eigenvalue weighted by atomic mass is 16.5. The van der Waals surface area contributed by atoms with Crippen molar-refractivity contribution in [1.82, 2.24) is 24.6 Å². The molecule has 2 saturated heterocycles. The minimum absolute atomic E-state index is 0.0370. The SMILES string of the molecule is Nc1nc(-c2ccccn2)nn1C(=O)c1ccc(N2CCN(C3COC3)CC2)c2ccccc12. The monoisotopic (exact) mass is 455 g/mol. The van der Waals surface area contributed by atoms with Crippen LogP contribution in [0.25, 0.3) is 22.3 Å². The highest BCUT2D eigenvalue weighted by Crippen LogP contribution is 2.31. The van der Waals surface area contributed by atoms with Gasteiger partial charge in [-0.15, -0.1) is 5.10 Å². The fourth-order valence-corrected chi connectivity index (χ4v) is 4.70. The second-order valence-electron chi connectivity index (χ2n) is 8.62. The maximum Gasteiger partial charge on any atom is 0.282 e. The summed E-state index contributed by atoms with van der Waals surface area (Å²) in [5, 5.41) is 6.26. The molecule has 172 valence electrons. The molecule has 0 amide bonds. The van der Waals surface area contributed by atoms with E-state index in [0.29, 0.717) is 23.1 Å². The molecule has 0 saturated carbocycles. The Morgan fingerprint density at radius 2 is 1.71 bits per heavy atom. The Balaban J connectivity index is 1.31.